The van der Waals surface area contributed by atoms with Gasteiger partial charge in [-0.25, -0.2) is 0 Å². The molecule has 3 aromatic rings. The maximum Gasteiger partial charge on any atom is 0.128 e. The lowest BCUT2D eigenvalue weighted by Crippen LogP contribution is -2.31. The van der Waals surface area contributed by atoms with E-state index in [2.05, 4.69) is 5.32 Å². The number of hydrogen-bond acceptors (Lipinski definition) is 4. The number of aliphatic hydroxyl groups excluding tert-OH is 1. The summed E-state index contributed by atoms with van der Waals surface area (Å²) in [5, 5.41) is 13.9. The molecule has 2 atom stereocenters. The zero-order valence-corrected chi connectivity index (χ0v) is 14.4. The van der Waals surface area contributed by atoms with Gasteiger partial charge in [-0.3, -0.25) is 0 Å². The van der Waals surface area contributed by atoms with Crippen LogP contribution in [0.15, 0.2) is 77.4 Å². The van der Waals surface area contributed by atoms with Gasteiger partial charge >= 0.3 is 0 Å². The number of benzene rings is 2. The van der Waals surface area contributed by atoms with Gasteiger partial charge in [-0.2, -0.15) is 0 Å². The van der Waals surface area contributed by atoms with Crippen molar-refractivity contribution < 1.29 is 14.3 Å². The van der Waals surface area contributed by atoms with Crippen molar-refractivity contribution in [3.8, 4) is 0 Å². The van der Waals surface area contributed by atoms with Crippen molar-refractivity contribution in [3.05, 3.63) is 89.3 Å². The summed E-state index contributed by atoms with van der Waals surface area (Å²) in [6, 6.07) is 20.6. The molecule has 0 radical (unpaired) electrons. The fourth-order valence-corrected chi connectivity index (χ4v) is 2.70. The molecule has 0 bridgehead atoms. The second-order valence-electron chi connectivity index (χ2n) is 5.66. The SMILES string of the molecule is OCC(OCc1ccccc1)C(Nc1ccc(Cl)cc1)c1ccco1. The van der Waals surface area contributed by atoms with Crippen LogP contribution < -0.4 is 5.32 Å². The van der Waals surface area contributed by atoms with E-state index in [4.69, 9.17) is 20.8 Å². The Morgan fingerprint density at radius 1 is 1.00 bits per heavy atom. The summed E-state index contributed by atoms with van der Waals surface area (Å²) >= 11 is 5.94. The van der Waals surface area contributed by atoms with Gasteiger partial charge in [0, 0.05) is 10.7 Å². The molecular weight excluding hydrogens is 338 g/mol. The minimum atomic E-state index is -0.470. The van der Waals surface area contributed by atoms with Crippen molar-refractivity contribution in [3.63, 3.8) is 0 Å². The number of furan rings is 1. The third-order valence-electron chi connectivity index (χ3n) is 3.87. The van der Waals surface area contributed by atoms with E-state index in [1.807, 2.05) is 66.7 Å². The van der Waals surface area contributed by atoms with E-state index in [1.165, 1.54) is 0 Å². The molecule has 0 saturated heterocycles. The summed E-state index contributed by atoms with van der Waals surface area (Å²) in [6.07, 6.45) is 1.14. The number of halogens is 1. The summed E-state index contributed by atoms with van der Waals surface area (Å²) in [4.78, 5) is 0. The lowest BCUT2D eigenvalue weighted by atomic mass is 10.1. The molecule has 0 amide bonds. The van der Waals surface area contributed by atoms with E-state index < -0.39 is 6.10 Å². The smallest absolute Gasteiger partial charge is 0.128 e. The van der Waals surface area contributed by atoms with Gasteiger partial charge in [-0.1, -0.05) is 41.9 Å². The maximum absolute atomic E-state index is 9.87. The highest BCUT2D eigenvalue weighted by Crippen LogP contribution is 2.26. The van der Waals surface area contributed by atoms with Gasteiger partial charge < -0.3 is 19.6 Å². The summed E-state index contributed by atoms with van der Waals surface area (Å²) in [6.45, 7) is 0.268. The first-order chi connectivity index (χ1) is 12.3. The number of anilines is 1. The second kappa shape index (κ2) is 8.72. The molecule has 2 aromatic carbocycles. The lowest BCUT2D eigenvalue weighted by molar-refractivity contribution is -0.0123. The van der Waals surface area contributed by atoms with Crippen LogP contribution in [0.3, 0.4) is 0 Å². The highest BCUT2D eigenvalue weighted by Gasteiger charge is 2.26. The topological polar surface area (TPSA) is 54.6 Å². The van der Waals surface area contributed by atoms with Crippen LogP contribution in [0.5, 0.6) is 0 Å². The predicted molar refractivity (Wildman–Crippen MR) is 98.6 cm³/mol. The van der Waals surface area contributed by atoms with Gasteiger partial charge in [-0.15, -0.1) is 0 Å². The van der Waals surface area contributed by atoms with E-state index >= 15 is 0 Å². The Morgan fingerprint density at radius 2 is 1.76 bits per heavy atom. The van der Waals surface area contributed by atoms with Crippen LogP contribution in [0.4, 0.5) is 5.69 Å². The van der Waals surface area contributed by atoms with Crippen LogP contribution in [-0.2, 0) is 11.3 Å². The molecule has 0 spiro atoms. The Balaban J connectivity index is 1.75. The van der Waals surface area contributed by atoms with E-state index in [0.717, 1.165) is 11.3 Å². The van der Waals surface area contributed by atoms with Gasteiger partial charge in [0.1, 0.15) is 17.9 Å². The molecule has 3 rings (SSSR count). The molecule has 5 heteroatoms. The van der Waals surface area contributed by atoms with E-state index in [0.29, 0.717) is 17.4 Å². The van der Waals surface area contributed by atoms with Crippen molar-refractivity contribution >= 4 is 17.3 Å². The minimum absolute atomic E-state index is 0.140. The van der Waals surface area contributed by atoms with Gasteiger partial charge in [0.05, 0.1) is 19.5 Å². The molecule has 0 saturated carbocycles. The number of rotatable bonds is 8. The average Bonchev–Trinajstić information content (AvgIpc) is 3.18. The molecule has 2 unspecified atom stereocenters. The van der Waals surface area contributed by atoms with Crippen LogP contribution in [-0.4, -0.2) is 17.8 Å². The molecule has 25 heavy (non-hydrogen) atoms. The standard InChI is InChI=1S/C20H20ClNO3/c21-16-8-10-17(11-9-16)22-20(18-7-4-12-24-18)19(13-23)25-14-15-5-2-1-3-6-15/h1-12,19-20,22-23H,13-14H2. The first kappa shape index (κ1) is 17.5. The number of ether oxygens (including phenoxy) is 1. The maximum atomic E-state index is 9.87. The van der Waals surface area contributed by atoms with Crippen molar-refractivity contribution in [1.29, 1.82) is 0 Å². The van der Waals surface area contributed by atoms with Crippen molar-refractivity contribution in [1.82, 2.24) is 0 Å². The second-order valence-corrected chi connectivity index (χ2v) is 6.10. The largest absolute Gasteiger partial charge is 0.467 e. The fraction of sp³-hybridized carbons (Fsp3) is 0.200. The van der Waals surface area contributed by atoms with Crippen LogP contribution in [0, 0.1) is 0 Å². The van der Waals surface area contributed by atoms with Crippen LogP contribution in [0.25, 0.3) is 0 Å². The highest BCUT2D eigenvalue weighted by molar-refractivity contribution is 6.30. The van der Waals surface area contributed by atoms with Crippen LogP contribution >= 0.6 is 11.6 Å². The third kappa shape index (κ3) is 4.86. The quantitative estimate of drug-likeness (QED) is 0.615. The molecule has 1 heterocycles. The molecular formula is C20H20ClNO3. The molecule has 2 N–H and O–H groups in total. The molecule has 0 aliphatic carbocycles. The van der Waals surface area contributed by atoms with E-state index in [9.17, 15) is 5.11 Å². The van der Waals surface area contributed by atoms with Crippen molar-refractivity contribution in [2.75, 3.05) is 11.9 Å². The Morgan fingerprint density at radius 3 is 2.40 bits per heavy atom. The average molecular weight is 358 g/mol. The molecule has 0 aliphatic rings. The number of aliphatic hydroxyl groups is 1. The zero-order valence-electron chi connectivity index (χ0n) is 13.6. The predicted octanol–water partition coefficient (Wildman–Crippen LogP) is 4.66. The molecule has 130 valence electrons. The summed E-state index contributed by atoms with van der Waals surface area (Å²) in [5.41, 5.74) is 1.91. The van der Waals surface area contributed by atoms with Gasteiger partial charge in [-0.05, 0) is 42.0 Å². The third-order valence-corrected chi connectivity index (χ3v) is 4.13. The molecule has 4 nitrogen and oxygen atoms in total. The molecule has 0 aliphatic heterocycles. The fourth-order valence-electron chi connectivity index (χ4n) is 2.57. The number of nitrogens with one attached hydrogen (secondary N) is 1. The zero-order chi connectivity index (χ0) is 17.5. The van der Waals surface area contributed by atoms with Crippen molar-refractivity contribution in [2.45, 2.75) is 18.8 Å². The first-order valence-corrected chi connectivity index (χ1v) is 8.46. The highest BCUT2D eigenvalue weighted by atomic mass is 35.5. The summed E-state index contributed by atoms with van der Waals surface area (Å²) < 4.78 is 11.5. The van der Waals surface area contributed by atoms with E-state index in [-0.39, 0.29) is 12.6 Å². The van der Waals surface area contributed by atoms with Gasteiger partial charge in [0.2, 0.25) is 0 Å². The van der Waals surface area contributed by atoms with Gasteiger partial charge in [0.15, 0.2) is 0 Å². The van der Waals surface area contributed by atoms with Crippen molar-refractivity contribution in [2.24, 2.45) is 0 Å². The normalized spacial score (nSPS) is 13.4. The van der Waals surface area contributed by atoms with E-state index in [1.54, 1.807) is 6.26 Å². The molecule has 1 aromatic heterocycles. The Labute approximate surface area is 152 Å². The minimum Gasteiger partial charge on any atom is -0.467 e. The van der Waals surface area contributed by atoms with Crippen LogP contribution in [0.2, 0.25) is 5.02 Å². The Bertz CT molecular complexity index is 744. The number of hydrogen-bond donors (Lipinski definition) is 2. The molecule has 0 fully saturated rings. The monoisotopic (exact) mass is 357 g/mol. The first-order valence-electron chi connectivity index (χ1n) is 8.08. The van der Waals surface area contributed by atoms with Crippen LogP contribution in [0.1, 0.15) is 17.4 Å². The Kier molecular flexibility index (Phi) is 6.12. The Hall–Kier alpha value is -2.27. The van der Waals surface area contributed by atoms with Gasteiger partial charge in [0.25, 0.3) is 0 Å². The summed E-state index contributed by atoms with van der Waals surface area (Å²) in [7, 11) is 0. The lowest BCUT2D eigenvalue weighted by Gasteiger charge is -2.26. The summed E-state index contributed by atoms with van der Waals surface area (Å²) in [5.74, 6) is 0.696.